The van der Waals surface area contributed by atoms with Gasteiger partial charge in [0.25, 0.3) is 5.91 Å². The second-order valence-electron chi connectivity index (χ2n) is 4.52. The standard InChI is InChI=1S/C16H14BrNO5/c1-22-12-5-6-13(14(19)8-12)16(21)23-9-15(20)18-11-4-2-3-10(17)7-11/h2-8,19H,9H2,1H3,(H,18,20). The second kappa shape index (κ2) is 7.64. The maximum absolute atomic E-state index is 11.9. The van der Waals surface area contributed by atoms with E-state index in [9.17, 15) is 14.7 Å². The number of carbonyl (C=O) groups is 2. The summed E-state index contributed by atoms with van der Waals surface area (Å²) in [6, 6.07) is 11.2. The average Bonchev–Trinajstić information content (AvgIpc) is 2.52. The number of halogens is 1. The molecule has 6 nitrogen and oxygen atoms in total. The van der Waals surface area contributed by atoms with Gasteiger partial charge in [0.2, 0.25) is 0 Å². The van der Waals surface area contributed by atoms with E-state index >= 15 is 0 Å². The minimum atomic E-state index is -0.797. The van der Waals surface area contributed by atoms with E-state index in [-0.39, 0.29) is 11.3 Å². The van der Waals surface area contributed by atoms with Crippen molar-refractivity contribution in [1.82, 2.24) is 0 Å². The maximum atomic E-state index is 11.9. The number of benzene rings is 2. The van der Waals surface area contributed by atoms with Crippen LogP contribution in [0.25, 0.3) is 0 Å². The molecule has 0 unspecified atom stereocenters. The molecule has 2 aromatic rings. The number of methoxy groups -OCH3 is 1. The van der Waals surface area contributed by atoms with Crippen molar-refractivity contribution >= 4 is 33.5 Å². The van der Waals surface area contributed by atoms with E-state index in [1.807, 2.05) is 6.07 Å². The van der Waals surface area contributed by atoms with E-state index in [0.717, 1.165) is 4.47 Å². The van der Waals surface area contributed by atoms with Crippen LogP contribution < -0.4 is 10.1 Å². The summed E-state index contributed by atoms with van der Waals surface area (Å²) in [6.45, 7) is -0.461. The van der Waals surface area contributed by atoms with Crippen LogP contribution >= 0.6 is 15.9 Å². The molecule has 0 aromatic heterocycles. The van der Waals surface area contributed by atoms with Crippen molar-refractivity contribution in [3.63, 3.8) is 0 Å². The molecule has 2 aromatic carbocycles. The first-order chi connectivity index (χ1) is 11.0. The molecule has 0 saturated heterocycles. The highest BCUT2D eigenvalue weighted by atomic mass is 79.9. The summed E-state index contributed by atoms with van der Waals surface area (Å²) < 4.78 is 10.6. The van der Waals surface area contributed by atoms with Crippen molar-refractivity contribution < 1.29 is 24.2 Å². The number of aromatic hydroxyl groups is 1. The number of carbonyl (C=O) groups excluding carboxylic acids is 2. The fraction of sp³-hybridized carbons (Fsp3) is 0.125. The third-order valence-corrected chi connectivity index (χ3v) is 3.36. The molecule has 0 heterocycles. The Hall–Kier alpha value is -2.54. The number of hydrogen-bond acceptors (Lipinski definition) is 5. The summed E-state index contributed by atoms with van der Waals surface area (Å²) in [5.41, 5.74) is 0.536. The Morgan fingerprint density at radius 3 is 2.65 bits per heavy atom. The minimum absolute atomic E-state index is 0.0407. The van der Waals surface area contributed by atoms with Crippen LogP contribution in [0.1, 0.15) is 10.4 Å². The zero-order valence-electron chi connectivity index (χ0n) is 12.2. The van der Waals surface area contributed by atoms with E-state index in [1.165, 1.54) is 25.3 Å². The zero-order valence-corrected chi connectivity index (χ0v) is 13.8. The monoisotopic (exact) mass is 379 g/mol. The van der Waals surface area contributed by atoms with Crippen LogP contribution in [0.2, 0.25) is 0 Å². The Kier molecular flexibility index (Phi) is 5.59. The normalized spacial score (nSPS) is 10.0. The summed E-state index contributed by atoms with van der Waals surface area (Å²) in [4.78, 5) is 23.6. The van der Waals surface area contributed by atoms with Gasteiger partial charge in [-0.2, -0.15) is 0 Å². The number of ether oxygens (including phenoxy) is 2. The molecule has 0 atom stereocenters. The summed E-state index contributed by atoms with van der Waals surface area (Å²) in [6.07, 6.45) is 0. The van der Waals surface area contributed by atoms with Gasteiger partial charge < -0.3 is 19.9 Å². The van der Waals surface area contributed by atoms with Gasteiger partial charge in [-0.15, -0.1) is 0 Å². The Morgan fingerprint density at radius 1 is 1.22 bits per heavy atom. The van der Waals surface area contributed by atoms with Crippen LogP contribution in [0.4, 0.5) is 5.69 Å². The summed E-state index contributed by atoms with van der Waals surface area (Å²) in [5.74, 6) is -1.15. The molecule has 0 aliphatic rings. The predicted molar refractivity (Wildman–Crippen MR) is 87.7 cm³/mol. The van der Waals surface area contributed by atoms with Crippen molar-refractivity contribution in [2.45, 2.75) is 0 Å². The highest BCUT2D eigenvalue weighted by Gasteiger charge is 2.15. The number of nitrogens with one attached hydrogen (secondary N) is 1. The first-order valence-corrected chi connectivity index (χ1v) is 7.38. The second-order valence-corrected chi connectivity index (χ2v) is 5.43. The van der Waals surface area contributed by atoms with Crippen molar-refractivity contribution in [2.75, 3.05) is 19.0 Å². The van der Waals surface area contributed by atoms with Gasteiger partial charge in [0.1, 0.15) is 17.1 Å². The zero-order chi connectivity index (χ0) is 16.8. The molecule has 23 heavy (non-hydrogen) atoms. The summed E-state index contributed by atoms with van der Waals surface area (Å²) in [7, 11) is 1.44. The number of esters is 1. The lowest BCUT2D eigenvalue weighted by Crippen LogP contribution is -2.21. The average molecular weight is 380 g/mol. The number of anilines is 1. The van der Waals surface area contributed by atoms with Crippen LogP contribution in [0.5, 0.6) is 11.5 Å². The van der Waals surface area contributed by atoms with Crippen LogP contribution in [0.3, 0.4) is 0 Å². The fourth-order valence-electron chi connectivity index (χ4n) is 1.78. The summed E-state index contributed by atoms with van der Waals surface area (Å²) in [5, 5.41) is 12.3. The third-order valence-electron chi connectivity index (χ3n) is 2.87. The minimum Gasteiger partial charge on any atom is -0.507 e. The SMILES string of the molecule is COc1ccc(C(=O)OCC(=O)Nc2cccc(Br)c2)c(O)c1. The van der Waals surface area contributed by atoms with Crippen molar-refractivity contribution in [3.05, 3.63) is 52.5 Å². The number of phenolic OH excluding ortho intramolecular Hbond substituents is 1. The Balaban J connectivity index is 1.92. The largest absolute Gasteiger partial charge is 0.507 e. The van der Waals surface area contributed by atoms with Gasteiger partial charge >= 0.3 is 5.97 Å². The first-order valence-electron chi connectivity index (χ1n) is 6.59. The van der Waals surface area contributed by atoms with Crippen molar-refractivity contribution in [3.8, 4) is 11.5 Å². The molecule has 1 amide bonds. The van der Waals surface area contributed by atoms with E-state index in [0.29, 0.717) is 11.4 Å². The van der Waals surface area contributed by atoms with Crippen molar-refractivity contribution in [1.29, 1.82) is 0 Å². The van der Waals surface area contributed by atoms with Crippen LogP contribution in [0.15, 0.2) is 46.9 Å². The quantitative estimate of drug-likeness (QED) is 0.780. The van der Waals surface area contributed by atoms with Crippen LogP contribution in [-0.2, 0) is 9.53 Å². The Morgan fingerprint density at radius 2 is 2.00 bits per heavy atom. The molecule has 0 saturated carbocycles. The number of rotatable bonds is 5. The van der Waals surface area contributed by atoms with Gasteiger partial charge in [0, 0.05) is 16.2 Å². The van der Waals surface area contributed by atoms with Crippen LogP contribution in [0, 0.1) is 0 Å². The Labute approximate surface area is 141 Å². The molecule has 2 rings (SSSR count). The molecule has 120 valence electrons. The van der Waals surface area contributed by atoms with Gasteiger partial charge in [-0.05, 0) is 30.3 Å². The van der Waals surface area contributed by atoms with Gasteiger partial charge in [-0.3, -0.25) is 4.79 Å². The van der Waals surface area contributed by atoms with E-state index in [1.54, 1.807) is 18.2 Å². The van der Waals surface area contributed by atoms with E-state index < -0.39 is 18.5 Å². The number of hydrogen-bond donors (Lipinski definition) is 2. The predicted octanol–water partition coefficient (Wildman–Crippen LogP) is 2.96. The molecule has 0 radical (unpaired) electrons. The molecule has 0 spiro atoms. The number of phenols is 1. The fourth-order valence-corrected chi connectivity index (χ4v) is 2.18. The third kappa shape index (κ3) is 4.72. The maximum Gasteiger partial charge on any atom is 0.342 e. The topological polar surface area (TPSA) is 84.9 Å². The summed E-state index contributed by atoms with van der Waals surface area (Å²) >= 11 is 3.29. The molecule has 0 aliphatic heterocycles. The molecular formula is C16H14BrNO5. The molecular weight excluding hydrogens is 366 g/mol. The smallest absolute Gasteiger partial charge is 0.342 e. The molecule has 2 N–H and O–H groups in total. The lowest BCUT2D eigenvalue weighted by Gasteiger charge is -2.08. The van der Waals surface area contributed by atoms with Gasteiger partial charge in [0.15, 0.2) is 6.61 Å². The first kappa shape index (κ1) is 16.8. The highest BCUT2D eigenvalue weighted by Crippen LogP contribution is 2.24. The van der Waals surface area contributed by atoms with Gasteiger partial charge in [0.05, 0.1) is 7.11 Å². The van der Waals surface area contributed by atoms with Gasteiger partial charge in [-0.1, -0.05) is 22.0 Å². The van der Waals surface area contributed by atoms with Gasteiger partial charge in [-0.25, -0.2) is 4.79 Å². The lowest BCUT2D eigenvalue weighted by atomic mass is 10.2. The lowest BCUT2D eigenvalue weighted by molar-refractivity contribution is -0.119. The molecule has 7 heteroatoms. The van der Waals surface area contributed by atoms with E-state index in [4.69, 9.17) is 9.47 Å². The molecule has 0 bridgehead atoms. The number of amides is 1. The highest BCUT2D eigenvalue weighted by molar-refractivity contribution is 9.10. The van der Waals surface area contributed by atoms with Crippen LogP contribution in [-0.4, -0.2) is 30.7 Å². The van der Waals surface area contributed by atoms with E-state index in [2.05, 4.69) is 21.2 Å². The molecule has 0 fully saturated rings. The van der Waals surface area contributed by atoms with Crippen molar-refractivity contribution in [2.24, 2.45) is 0 Å². The Bertz CT molecular complexity index is 732. The molecule has 0 aliphatic carbocycles.